The Labute approximate surface area is 121 Å². The topological polar surface area (TPSA) is 18.5 Å². The van der Waals surface area contributed by atoms with Crippen LogP contribution in [0, 0.1) is 13.8 Å². The zero-order chi connectivity index (χ0) is 14.5. The van der Waals surface area contributed by atoms with Crippen LogP contribution in [0.2, 0.25) is 0 Å². The highest BCUT2D eigenvalue weighted by molar-refractivity contribution is 5.36. The molecule has 20 heavy (non-hydrogen) atoms. The standard InChI is InChI=1S/C18H22O2/c1-13-9-10-14(2)18(11-13)20-12-16-7-5-6-8-17(16)15(3)19-4/h5-11,15H,12H2,1-4H3. The minimum atomic E-state index is 0.0772. The Kier molecular flexibility index (Phi) is 4.80. The molecule has 0 spiro atoms. The van der Waals surface area contributed by atoms with Gasteiger partial charge in [0.1, 0.15) is 12.4 Å². The molecule has 0 saturated carbocycles. The van der Waals surface area contributed by atoms with Gasteiger partial charge in [0.25, 0.3) is 0 Å². The highest BCUT2D eigenvalue weighted by Crippen LogP contribution is 2.24. The summed E-state index contributed by atoms with van der Waals surface area (Å²) in [5.74, 6) is 0.949. The lowest BCUT2D eigenvalue weighted by Crippen LogP contribution is -2.05. The monoisotopic (exact) mass is 270 g/mol. The molecule has 2 aromatic rings. The maximum atomic E-state index is 5.98. The van der Waals surface area contributed by atoms with Crippen molar-refractivity contribution in [3.8, 4) is 5.75 Å². The molecule has 1 unspecified atom stereocenters. The highest BCUT2D eigenvalue weighted by atomic mass is 16.5. The van der Waals surface area contributed by atoms with Gasteiger partial charge in [0.05, 0.1) is 6.10 Å². The minimum Gasteiger partial charge on any atom is -0.489 e. The number of benzene rings is 2. The maximum absolute atomic E-state index is 5.98. The SMILES string of the molecule is COC(C)c1ccccc1COc1cc(C)ccc1C. The smallest absolute Gasteiger partial charge is 0.122 e. The van der Waals surface area contributed by atoms with E-state index in [1.807, 2.05) is 12.1 Å². The first-order chi connectivity index (χ1) is 9.61. The number of methoxy groups -OCH3 is 1. The van der Waals surface area contributed by atoms with Crippen molar-refractivity contribution >= 4 is 0 Å². The summed E-state index contributed by atoms with van der Waals surface area (Å²) in [6.45, 7) is 6.76. The summed E-state index contributed by atoms with van der Waals surface area (Å²) in [7, 11) is 1.73. The summed E-state index contributed by atoms with van der Waals surface area (Å²) in [4.78, 5) is 0. The van der Waals surface area contributed by atoms with Gasteiger partial charge in [-0.25, -0.2) is 0 Å². The van der Waals surface area contributed by atoms with E-state index in [1.165, 1.54) is 16.7 Å². The molecule has 0 N–H and O–H groups in total. The Hall–Kier alpha value is -1.80. The Morgan fingerprint density at radius 3 is 2.55 bits per heavy atom. The minimum absolute atomic E-state index is 0.0772. The van der Waals surface area contributed by atoms with Crippen molar-refractivity contribution in [3.05, 3.63) is 64.7 Å². The molecule has 0 aliphatic rings. The molecule has 0 bridgehead atoms. The van der Waals surface area contributed by atoms with E-state index in [0.717, 1.165) is 11.3 Å². The van der Waals surface area contributed by atoms with Gasteiger partial charge in [-0.15, -0.1) is 0 Å². The molecule has 1 atom stereocenters. The van der Waals surface area contributed by atoms with Gasteiger partial charge in [0.15, 0.2) is 0 Å². The van der Waals surface area contributed by atoms with E-state index in [1.54, 1.807) is 7.11 Å². The Morgan fingerprint density at radius 1 is 1.05 bits per heavy atom. The van der Waals surface area contributed by atoms with Crippen molar-refractivity contribution in [3.63, 3.8) is 0 Å². The molecular weight excluding hydrogens is 248 g/mol. The number of aryl methyl sites for hydroxylation is 2. The van der Waals surface area contributed by atoms with E-state index >= 15 is 0 Å². The average Bonchev–Trinajstić information content (AvgIpc) is 2.47. The van der Waals surface area contributed by atoms with Gasteiger partial charge < -0.3 is 9.47 Å². The third kappa shape index (κ3) is 3.40. The second-order valence-corrected chi connectivity index (χ2v) is 5.13. The molecule has 2 rings (SSSR count). The predicted octanol–water partition coefficient (Wildman–Crippen LogP) is 4.59. The molecule has 106 valence electrons. The number of ether oxygens (including phenoxy) is 2. The van der Waals surface area contributed by atoms with Crippen molar-refractivity contribution in [1.82, 2.24) is 0 Å². The van der Waals surface area contributed by atoms with Gasteiger partial charge >= 0.3 is 0 Å². The van der Waals surface area contributed by atoms with Crippen LogP contribution in [0.5, 0.6) is 5.75 Å². The zero-order valence-corrected chi connectivity index (χ0v) is 12.6. The van der Waals surface area contributed by atoms with E-state index in [2.05, 4.69) is 51.1 Å². The van der Waals surface area contributed by atoms with Crippen molar-refractivity contribution in [2.75, 3.05) is 7.11 Å². The fourth-order valence-corrected chi connectivity index (χ4v) is 2.21. The van der Waals surface area contributed by atoms with Crippen LogP contribution >= 0.6 is 0 Å². The lowest BCUT2D eigenvalue weighted by Gasteiger charge is -2.16. The maximum Gasteiger partial charge on any atom is 0.122 e. The molecule has 0 heterocycles. The van der Waals surface area contributed by atoms with Crippen molar-refractivity contribution in [1.29, 1.82) is 0 Å². The van der Waals surface area contributed by atoms with Crippen LogP contribution in [-0.2, 0) is 11.3 Å². The summed E-state index contributed by atoms with van der Waals surface area (Å²) >= 11 is 0. The molecule has 0 radical (unpaired) electrons. The quantitative estimate of drug-likeness (QED) is 0.791. The van der Waals surface area contributed by atoms with E-state index in [-0.39, 0.29) is 6.10 Å². The normalized spacial score (nSPS) is 12.2. The van der Waals surface area contributed by atoms with Crippen LogP contribution in [-0.4, -0.2) is 7.11 Å². The first-order valence-electron chi connectivity index (χ1n) is 6.92. The zero-order valence-electron chi connectivity index (χ0n) is 12.6. The summed E-state index contributed by atoms with van der Waals surface area (Å²) in [5, 5.41) is 0. The fraction of sp³-hybridized carbons (Fsp3) is 0.333. The van der Waals surface area contributed by atoms with E-state index in [4.69, 9.17) is 9.47 Å². The van der Waals surface area contributed by atoms with Crippen LogP contribution < -0.4 is 4.74 Å². The lowest BCUT2D eigenvalue weighted by molar-refractivity contribution is 0.117. The van der Waals surface area contributed by atoms with Gasteiger partial charge in [-0.3, -0.25) is 0 Å². The first-order valence-corrected chi connectivity index (χ1v) is 6.92. The van der Waals surface area contributed by atoms with E-state index in [9.17, 15) is 0 Å². The lowest BCUT2D eigenvalue weighted by atomic mass is 10.0. The largest absolute Gasteiger partial charge is 0.489 e. The molecule has 0 aliphatic carbocycles. The van der Waals surface area contributed by atoms with Gasteiger partial charge in [0.2, 0.25) is 0 Å². The molecular formula is C18H22O2. The van der Waals surface area contributed by atoms with Crippen LogP contribution in [0.3, 0.4) is 0 Å². The Bertz CT molecular complexity index is 575. The summed E-state index contributed by atoms with van der Waals surface area (Å²) in [6.07, 6.45) is 0.0772. The van der Waals surface area contributed by atoms with Gasteiger partial charge in [-0.2, -0.15) is 0 Å². The molecule has 2 aromatic carbocycles. The number of hydrogen-bond acceptors (Lipinski definition) is 2. The highest BCUT2D eigenvalue weighted by Gasteiger charge is 2.10. The van der Waals surface area contributed by atoms with E-state index < -0.39 is 0 Å². The van der Waals surface area contributed by atoms with Gasteiger partial charge in [0, 0.05) is 7.11 Å². The van der Waals surface area contributed by atoms with Crippen LogP contribution in [0.4, 0.5) is 0 Å². The van der Waals surface area contributed by atoms with Gasteiger partial charge in [-0.1, -0.05) is 36.4 Å². The summed E-state index contributed by atoms with van der Waals surface area (Å²) in [5.41, 5.74) is 4.72. The molecule has 0 aliphatic heterocycles. The van der Waals surface area contributed by atoms with Crippen molar-refractivity contribution in [2.45, 2.75) is 33.5 Å². The number of hydrogen-bond donors (Lipinski definition) is 0. The van der Waals surface area contributed by atoms with Crippen LogP contribution in [0.15, 0.2) is 42.5 Å². The van der Waals surface area contributed by atoms with Crippen molar-refractivity contribution < 1.29 is 9.47 Å². The fourth-order valence-electron chi connectivity index (χ4n) is 2.21. The second-order valence-electron chi connectivity index (χ2n) is 5.13. The van der Waals surface area contributed by atoms with Crippen LogP contribution in [0.1, 0.15) is 35.3 Å². The third-order valence-corrected chi connectivity index (χ3v) is 3.57. The van der Waals surface area contributed by atoms with E-state index in [0.29, 0.717) is 6.61 Å². The predicted molar refractivity (Wildman–Crippen MR) is 82.1 cm³/mol. The Balaban J connectivity index is 2.17. The summed E-state index contributed by atoms with van der Waals surface area (Å²) < 4.78 is 11.4. The molecule has 0 saturated heterocycles. The molecule has 2 nitrogen and oxygen atoms in total. The first kappa shape index (κ1) is 14.6. The Morgan fingerprint density at radius 2 is 1.80 bits per heavy atom. The third-order valence-electron chi connectivity index (χ3n) is 3.57. The van der Waals surface area contributed by atoms with Crippen LogP contribution in [0.25, 0.3) is 0 Å². The second kappa shape index (κ2) is 6.58. The molecule has 0 fully saturated rings. The molecule has 0 amide bonds. The van der Waals surface area contributed by atoms with Gasteiger partial charge in [-0.05, 0) is 49.1 Å². The van der Waals surface area contributed by atoms with Crippen molar-refractivity contribution in [2.24, 2.45) is 0 Å². The number of rotatable bonds is 5. The molecule has 2 heteroatoms. The summed E-state index contributed by atoms with van der Waals surface area (Å²) in [6, 6.07) is 14.5. The molecule has 0 aromatic heterocycles. The average molecular weight is 270 g/mol.